The van der Waals surface area contributed by atoms with Crippen LogP contribution in [0.25, 0.3) is 0 Å². The summed E-state index contributed by atoms with van der Waals surface area (Å²) in [6.07, 6.45) is 18.3. The maximum Gasteiger partial charge on any atom is 0.352 e. The number of rotatable bonds is 17. The van der Waals surface area contributed by atoms with Gasteiger partial charge in [-0.1, -0.05) is 90.6 Å². The first-order valence-corrected chi connectivity index (χ1v) is 10.3. The van der Waals surface area contributed by atoms with Crippen LogP contribution in [0.1, 0.15) is 110 Å². The number of amides is 1. The Kier molecular flexibility index (Phi) is 16.6. The molecule has 0 rings (SSSR count). The molecule has 0 saturated carbocycles. The van der Waals surface area contributed by atoms with Crippen LogP contribution in [0.3, 0.4) is 0 Å². The molecule has 0 aromatic heterocycles. The average Bonchev–Trinajstić information content (AvgIpc) is 2.58. The van der Waals surface area contributed by atoms with E-state index in [-0.39, 0.29) is 11.6 Å². The van der Waals surface area contributed by atoms with Gasteiger partial charge in [-0.3, -0.25) is 4.79 Å². The largest absolute Gasteiger partial charge is 0.477 e. The lowest BCUT2D eigenvalue weighted by atomic mass is 10.1. The summed E-state index contributed by atoms with van der Waals surface area (Å²) in [7, 11) is 0. The van der Waals surface area contributed by atoms with Crippen LogP contribution in [0.2, 0.25) is 0 Å². The number of unbranched alkanes of at least 4 members (excludes halogenated alkanes) is 12. The molecule has 0 fully saturated rings. The smallest absolute Gasteiger partial charge is 0.352 e. The van der Waals surface area contributed by atoms with Gasteiger partial charge in [-0.2, -0.15) is 0 Å². The van der Waals surface area contributed by atoms with Crippen molar-refractivity contribution in [2.45, 2.75) is 110 Å². The highest BCUT2D eigenvalue weighted by atomic mass is 16.4. The molecule has 0 aromatic rings. The molecule has 0 bridgehead atoms. The second-order valence-corrected chi connectivity index (χ2v) is 6.90. The molecule has 0 heterocycles. The van der Waals surface area contributed by atoms with Crippen LogP contribution in [-0.4, -0.2) is 17.0 Å². The van der Waals surface area contributed by atoms with Gasteiger partial charge in [0.2, 0.25) is 5.91 Å². The van der Waals surface area contributed by atoms with Crippen LogP contribution in [0, 0.1) is 0 Å². The summed E-state index contributed by atoms with van der Waals surface area (Å²) < 4.78 is 0. The number of hydrogen-bond donors (Lipinski definition) is 2. The van der Waals surface area contributed by atoms with E-state index in [1.165, 1.54) is 57.8 Å². The van der Waals surface area contributed by atoms with Crippen molar-refractivity contribution in [3.63, 3.8) is 0 Å². The summed E-state index contributed by atoms with van der Waals surface area (Å²) in [4.78, 5) is 22.9. The Hall–Kier alpha value is -1.32. The van der Waals surface area contributed by atoms with Gasteiger partial charge in [0, 0.05) is 6.42 Å². The van der Waals surface area contributed by atoms with E-state index in [9.17, 15) is 9.59 Å². The standard InChI is InChI=1S/C21H39NO3/c1-3-5-7-8-9-10-11-12-13-14-16-18-20(23)22-19(21(24)25)17-15-6-4-2/h17H,3-16,18H2,1-2H3,(H,22,23)(H,24,25). The zero-order valence-corrected chi connectivity index (χ0v) is 16.4. The second-order valence-electron chi connectivity index (χ2n) is 6.90. The molecule has 0 aromatic carbocycles. The number of carbonyl (C=O) groups is 2. The van der Waals surface area contributed by atoms with Crippen molar-refractivity contribution in [1.29, 1.82) is 0 Å². The van der Waals surface area contributed by atoms with Gasteiger partial charge in [0.15, 0.2) is 0 Å². The van der Waals surface area contributed by atoms with Crippen molar-refractivity contribution in [3.05, 3.63) is 11.8 Å². The fourth-order valence-electron chi connectivity index (χ4n) is 2.80. The number of hydrogen-bond acceptors (Lipinski definition) is 2. The maximum absolute atomic E-state index is 11.8. The Bertz CT molecular complexity index is 377. The highest BCUT2D eigenvalue weighted by Crippen LogP contribution is 2.12. The highest BCUT2D eigenvalue weighted by molar-refractivity contribution is 5.92. The molecule has 4 heteroatoms. The van der Waals surface area contributed by atoms with Gasteiger partial charge >= 0.3 is 5.97 Å². The number of nitrogens with one attached hydrogen (secondary N) is 1. The fourth-order valence-corrected chi connectivity index (χ4v) is 2.80. The second kappa shape index (κ2) is 17.5. The predicted octanol–water partition coefficient (Wildman–Crippen LogP) is 5.96. The normalized spacial score (nSPS) is 11.5. The van der Waals surface area contributed by atoms with Crippen molar-refractivity contribution >= 4 is 11.9 Å². The van der Waals surface area contributed by atoms with E-state index in [1.807, 2.05) is 0 Å². The lowest BCUT2D eigenvalue weighted by Gasteiger charge is -2.06. The molecule has 0 radical (unpaired) electrons. The molecular weight excluding hydrogens is 314 g/mol. The number of carbonyl (C=O) groups excluding carboxylic acids is 1. The number of allylic oxidation sites excluding steroid dienone is 1. The molecule has 0 aliphatic heterocycles. The molecular formula is C21H39NO3. The topological polar surface area (TPSA) is 66.4 Å². The van der Waals surface area contributed by atoms with E-state index in [2.05, 4.69) is 19.2 Å². The van der Waals surface area contributed by atoms with Crippen molar-refractivity contribution in [3.8, 4) is 0 Å². The maximum atomic E-state index is 11.8. The molecule has 2 N–H and O–H groups in total. The Morgan fingerprint density at radius 1 is 0.760 bits per heavy atom. The van der Waals surface area contributed by atoms with Crippen LogP contribution < -0.4 is 5.32 Å². The zero-order chi connectivity index (χ0) is 18.8. The zero-order valence-electron chi connectivity index (χ0n) is 16.4. The minimum absolute atomic E-state index is 0.0292. The van der Waals surface area contributed by atoms with Crippen molar-refractivity contribution in [1.82, 2.24) is 5.32 Å². The Morgan fingerprint density at radius 2 is 1.24 bits per heavy atom. The van der Waals surface area contributed by atoms with Gasteiger partial charge < -0.3 is 10.4 Å². The third kappa shape index (κ3) is 15.9. The Balaban J connectivity index is 3.62. The van der Waals surface area contributed by atoms with Gasteiger partial charge in [0.25, 0.3) is 0 Å². The SMILES string of the molecule is CCCCC=C(NC(=O)CCCCCCCCCCCCC)C(=O)O. The van der Waals surface area contributed by atoms with Crippen molar-refractivity contribution in [2.24, 2.45) is 0 Å². The van der Waals surface area contributed by atoms with Gasteiger partial charge in [0.05, 0.1) is 0 Å². The number of carboxylic acid groups (broad SMARTS) is 1. The van der Waals surface area contributed by atoms with Gasteiger partial charge in [-0.25, -0.2) is 4.79 Å². The van der Waals surface area contributed by atoms with E-state index >= 15 is 0 Å². The third-order valence-corrected chi connectivity index (χ3v) is 4.42. The van der Waals surface area contributed by atoms with Gasteiger partial charge in [0.1, 0.15) is 5.70 Å². The molecule has 0 unspecified atom stereocenters. The highest BCUT2D eigenvalue weighted by Gasteiger charge is 2.10. The first-order valence-electron chi connectivity index (χ1n) is 10.3. The molecule has 0 saturated heterocycles. The average molecular weight is 354 g/mol. The Labute approximate surface area is 154 Å². The molecule has 0 atom stereocenters. The van der Waals surface area contributed by atoms with Crippen molar-refractivity contribution < 1.29 is 14.7 Å². The summed E-state index contributed by atoms with van der Waals surface area (Å²) in [6.45, 7) is 4.30. The molecule has 25 heavy (non-hydrogen) atoms. The summed E-state index contributed by atoms with van der Waals surface area (Å²) in [5.74, 6) is -1.23. The lowest BCUT2D eigenvalue weighted by molar-refractivity contribution is -0.134. The number of carboxylic acids is 1. The summed E-state index contributed by atoms with van der Waals surface area (Å²) in [6, 6.07) is 0. The van der Waals surface area contributed by atoms with Gasteiger partial charge in [-0.15, -0.1) is 0 Å². The summed E-state index contributed by atoms with van der Waals surface area (Å²) >= 11 is 0. The minimum atomic E-state index is -1.05. The first kappa shape index (κ1) is 23.7. The third-order valence-electron chi connectivity index (χ3n) is 4.42. The van der Waals surface area contributed by atoms with Crippen LogP contribution in [0.5, 0.6) is 0 Å². The predicted molar refractivity (Wildman–Crippen MR) is 104 cm³/mol. The van der Waals surface area contributed by atoms with E-state index in [4.69, 9.17) is 5.11 Å². The van der Waals surface area contributed by atoms with Crippen LogP contribution >= 0.6 is 0 Å². The van der Waals surface area contributed by atoms with E-state index in [1.54, 1.807) is 6.08 Å². The van der Waals surface area contributed by atoms with Gasteiger partial charge in [-0.05, 0) is 19.3 Å². The van der Waals surface area contributed by atoms with E-state index in [0.717, 1.165) is 25.7 Å². The molecule has 4 nitrogen and oxygen atoms in total. The molecule has 0 spiro atoms. The summed E-state index contributed by atoms with van der Waals surface area (Å²) in [5.41, 5.74) is 0.0292. The molecule has 1 amide bonds. The molecule has 146 valence electrons. The Morgan fingerprint density at radius 3 is 1.72 bits per heavy atom. The minimum Gasteiger partial charge on any atom is -0.477 e. The first-order chi connectivity index (χ1) is 12.1. The quantitative estimate of drug-likeness (QED) is 0.250. The van der Waals surface area contributed by atoms with Crippen LogP contribution in [-0.2, 0) is 9.59 Å². The molecule has 0 aliphatic carbocycles. The molecule has 0 aliphatic rings. The number of aliphatic carboxylic acids is 1. The monoisotopic (exact) mass is 353 g/mol. The van der Waals surface area contributed by atoms with E-state index in [0.29, 0.717) is 12.8 Å². The van der Waals surface area contributed by atoms with Crippen LogP contribution in [0.15, 0.2) is 11.8 Å². The van der Waals surface area contributed by atoms with E-state index < -0.39 is 5.97 Å². The fraction of sp³-hybridized carbons (Fsp3) is 0.810. The summed E-state index contributed by atoms with van der Waals surface area (Å²) in [5, 5.41) is 11.6. The lowest BCUT2D eigenvalue weighted by Crippen LogP contribution is -2.27. The van der Waals surface area contributed by atoms with Crippen molar-refractivity contribution in [2.75, 3.05) is 0 Å². The van der Waals surface area contributed by atoms with Crippen LogP contribution in [0.4, 0.5) is 0 Å².